The lowest BCUT2D eigenvalue weighted by molar-refractivity contribution is 0.0337. The molecule has 1 amide bonds. The number of morpholine rings is 1. The molecule has 1 aliphatic rings. The second-order valence-corrected chi connectivity index (χ2v) is 5.76. The lowest BCUT2D eigenvalue weighted by Gasteiger charge is -2.25. The summed E-state index contributed by atoms with van der Waals surface area (Å²) in [6, 6.07) is 3.42. The fourth-order valence-corrected chi connectivity index (χ4v) is 2.84. The third kappa shape index (κ3) is 3.69. The van der Waals surface area contributed by atoms with Crippen LogP contribution < -0.4 is 5.32 Å². The molecule has 112 valence electrons. The number of ether oxygens (including phenoxy) is 1. The Morgan fingerprint density at radius 1 is 1.43 bits per heavy atom. The number of anilines is 1. The molecule has 0 bridgehead atoms. The first-order chi connectivity index (χ1) is 10.2. The molecule has 0 unspecified atom stereocenters. The van der Waals surface area contributed by atoms with Crippen molar-refractivity contribution >= 4 is 22.4 Å². The third-order valence-corrected chi connectivity index (χ3v) is 4.03. The zero-order valence-electron chi connectivity index (χ0n) is 11.8. The van der Waals surface area contributed by atoms with Gasteiger partial charge in [0.15, 0.2) is 10.9 Å². The van der Waals surface area contributed by atoms with Crippen molar-refractivity contribution in [3.63, 3.8) is 0 Å². The van der Waals surface area contributed by atoms with Crippen LogP contribution in [0.25, 0.3) is 0 Å². The molecule has 1 fully saturated rings. The molecule has 0 aliphatic carbocycles. The number of amides is 1. The van der Waals surface area contributed by atoms with Crippen LogP contribution >= 0.6 is 11.3 Å². The van der Waals surface area contributed by atoms with E-state index in [-0.39, 0.29) is 5.91 Å². The molecule has 3 rings (SSSR count). The van der Waals surface area contributed by atoms with E-state index < -0.39 is 0 Å². The van der Waals surface area contributed by atoms with Gasteiger partial charge in [0.05, 0.1) is 18.9 Å². The molecule has 0 atom stereocenters. The highest BCUT2D eigenvalue weighted by Crippen LogP contribution is 2.18. The Balaban J connectivity index is 1.58. The van der Waals surface area contributed by atoms with Gasteiger partial charge in [0, 0.05) is 25.0 Å². The van der Waals surface area contributed by atoms with Crippen molar-refractivity contribution in [1.82, 2.24) is 9.88 Å². The van der Waals surface area contributed by atoms with Gasteiger partial charge in [-0.15, -0.1) is 11.3 Å². The average Bonchev–Trinajstić information content (AvgIpc) is 3.09. The quantitative estimate of drug-likeness (QED) is 0.937. The molecular weight excluding hydrogens is 290 g/mol. The Kier molecular flexibility index (Phi) is 4.33. The van der Waals surface area contributed by atoms with E-state index >= 15 is 0 Å². The Bertz CT molecular complexity index is 617. The highest BCUT2D eigenvalue weighted by atomic mass is 32.1. The van der Waals surface area contributed by atoms with Crippen LogP contribution in [0, 0.1) is 6.92 Å². The molecule has 0 saturated carbocycles. The van der Waals surface area contributed by atoms with Gasteiger partial charge in [-0.1, -0.05) is 0 Å². The van der Waals surface area contributed by atoms with Crippen molar-refractivity contribution in [2.24, 2.45) is 0 Å². The van der Waals surface area contributed by atoms with Crippen molar-refractivity contribution < 1.29 is 13.9 Å². The van der Waals surface area contributed by atoms with Gasteiger partial charge in [0.25, 0.3) is 5.91 Å². The number of nitrogens with zero attached hydrogens (tertiary/aromatic N) is 2. The fraction of sp³-hybridized carbons (Fsp3) is 0.429. The highest BCUT2D eigenvalue weighted by Gasteiger charge is 2.15. The molecule has 0 radical (unpaired) electrons. The van der Waals surface area contributed by atoms with Crippen LogP contribution in [0.4, 0.5) is 5.13 Å². The number of aromatic nitrogens is 1. The summed E-state index contributed by atoms with van der Waals surface area (Å²) < 4.78 is 10.6. The average molecular weight is 307 g/mol. The molecule has 0 spiro atoms. The first-order valence-corrected chi connectivity index (χ1v) is 7.71. The van der Waals surface area contributed by atoms with E-state index in [1.165, 1.54) is 11.3 Å². The standard InChI is InChI=1S/C14H17N3O3S/c1-10-2-3-12(20-10)13(18)16-14-15-11(9-21-14)8-17-4-6-19-7-5-17/h2-3,9H,4-8H2,1H3,(H,15,16,18). The smallest absolute Gasteiger partial charge is 0.293 e. The van der Waals surface area contributed by atoms with Gasteiger partial charge in [-0.05, 0) is 19.1 Å². The van der Waals surface area contributed by atoms with Gasteiger partial charge in [-0.2, -0.15) is 0 Å². The normalized spacial score (nSPS) is 16.0. The topological polar surface area (TPSA) is 67.6 Å². The molecule has 2 aromatic rings. The molecule has 0 aromatic carbocycles. The number of aryl methyl sites for hydroxylation is 1. The maximum Gasteiger partial charge on any atom is 0.293 e. The van der Waals surface area contributed by atoms with Crippen LogP contribution in [-0.4, -0.2) is 42.1 Å². The molecule has 3 heterocycles. The highest BCUT2D eigenvalue weighted by molar-refractivity contribution is 7.13. The summed E-state index contributed by atoms with van der Waals surface area (Å²) in [6.07, 6.45) is 0. The van der Waals surface area contributed by atoms with E-state index in [4.69, 9.17) is 9.15 Å². The summed E-state index contributed by atoms with van der Waals surface area (Å²) in [7, 11) is 0. The zero-order valence-corrected chi connectivity index (χ0v) is 12.6. The van der Waals surface area contributed by atoms with Crippen LogP contribution in [0.2, 0.25) is 0 Å². The molecular formula is C14H17N3O3S. The van der Waals surface area contributed by atoms with E-state index in [2.05, 4.69) is 15.2 Å². The molecule has 21 heavy (non-hydrogen) atoms. The maximum atomic E-state index is 12.0. The van der Waals surface area contributed by atoms with Crippen LogP contribution in [0.5, 0.6) is 0 Å². The summed E-state index contributed by atoms with van der Waals surface area (Å²) in [6.45, 7) is 5.98. The molecule has 1 aliphatic heterocycles. The molecule has 6 nitrogen and oxygen atoms in total. The monoisotopic (exact) mass is 307 g/mol. The van der Waals surface area contributed by atoms with E-state index in [0.29, 0.717) is 16.7 Å². The summed E-state index contributed by atoms with van der Waals surface area (Å²) in [5, 5.41) is 5.33. The van der Waals surface area contributed by atoms with E-state index in [9.17, 15) is 4.79 Å². The number of hydrogen-bond donors (Lipinski definition) is 1. The van der Waals surface area contributed by atoms with Crippen LogP contribution in [0.15, 0.2) is 21.9 Å². The first kappa shape index (κ1) is 14.2. The van der Waals surface area contributed by atoms with Crippen molar-refractivity contribution in [1.29, 1.82) is 0 Å². The van der Waals surface area contributed by atoms with Gasteiger partial charge >= 0.3 is 0 Å². The largest absolute Gasteiger partial charge is 0.456 e. The minimum Gasteiger partial charge on any atom is -0.456 e. The summed E-state index contributed by atoms with van der Waals surface area (Å²) in [5.74, 6) is 0.750. The van der Waals surface area contributed by atoms with Crippen LogP contribution in [-0.2, 0) is 11.3 Å². The van der Waals surface area contributed by atoms with Crippen LogP contribution in [0.3, 0.4) is 0 Å². The summed E-state index contributed by atoms with van der Waals surface area (Å²) in [5.41, 5.74) is 0.966. The van der Waals surface area contributed by atoms with Crippen molar-refractivity contribution in [3.05, 3.63) is 34.7 Å². The second-order valence-electron chi connectivity index (χ2n) is 4.90. The van der Waals surface area contributed by atoms with Gasteiger partial charge in [-0.3, -0.25) is 15.0 Å². The number of carbonyl (C=O) groups is 1. The minimum atomic E-state index is -0.268. The Labute approximate surface area is 126 Å². The molecule has 1 saturated heterocycles. The van der Waals surface area contributed by atoms with Crippen LogP contribution in [0.1, 0.15) is 22.0 Å². The SMILES string of the molecule is Cc1ccc(C(=O)Nc2nc(CN3CCOCC3)cs2)o1. The summed E-state index contributed by atoms with van der Waals surface area (Å²) >= 11 is 1.43. The predicted octanol–water partition coefficient (Wildman–Crippen LogP) is 2.13. The lowest BCUT2D eigenvalue weighted by atomic mass is 10.4. The fourth-order valence-electron chi connectivity index (χ4n) is 2.14. The Morgan fingerprint density at radius 2 is 2.24 bits per heavy atom. The minimum absolute atomic E-state index is 0.268. The van der Waals surface area contributed by atoms with Crippen molar-refractivity contribution in [2.45, 2.75) is 13.5 Å². The number of hydrogen-bond acceptors (Lipinski definition) is 6. The Morgan fingerprint density at radius 3 is 2.95 bits per heavy atom. The molecule has 7 heteroatoms. The van der Waals surface area contributed by atoms with Crippen molar-refractivity contribution in [3.8, 4) is 0 Å². The number of thiazole rings is 1. The zero-order chi connectivity index (χ0) is 14.7. The third-order valence-electron chi connectivity index (χ3n) is 3.23. The number of nitrogens with one attached hydrogen (secondary N) is 1. The number of carbonyl (C=O) groups excluding carboxylic acids is 1. The number of rotatable bonds is 4. The van der Waals surface area contributed by atoms with E-state index in [1.807, 2.05) is 5.38 Å². The van der Waals surface area contributed by atoms with Gasteiger partial charge in [0.2, 0.25) is 0 Å². The first-order valence-electron chi connectivity index (χ1n) is 6.83. The van der Waals surface area contributed by atoms with Gasteiger partial charge < -0.3 is 9.15 Å². The van der Waals surface area contributed by atoms with E-state index in [1.54, 1.807) is 19.1 Å². The van der Waals surface area contributed by atoms with Gasteiger partial charge in [0.1, 0.15) is 5.76 Å². The number of furan rings is 1. The lowest BCUT2D eigenvalue weighted by Crippen LogP contribution is -2.35. The van der Waals surface area contributed by atoms with Gasteiger partial charge in [-0.25, -0.2) is 4.98 Å². The summed E-state index contributed by atoms with van der Waals surface area (Å²) in [4.78, 5) is 18.7. The second kappa shape index (κ2) is 6.38. The Hall–Kier alpha value is -1.70. The molecule has 1 N–H and O–H groups in total. The predicted molar refractivity (Wildman–Crippen MR) is 79.6 cm³/mol. The van der Waals surface area contributed by atoms with Crippen molar-refractivity contribution in [2.75, 3.05) is 31.6 Å². The molecule has 2 aromatic heterocycles. The maximum absolute atomic E-state index is 12.0. The van der Waals surface area contributed by atoms with E-state index in [0.717, 1.165) is 38.5 Å².